The number of guanidine groups is 1. The van der Waals surface area contributed by atoms with Crippen molar-refractivity contribution >= 4 is 41.5 Å². The van der Waals surface area contributed by atoms with Crippen LogP contribution in [0.3, 0.4) is 0 Å². The van der Waals surface area contributed by atoms with Gasteiger partial charge in [-0.1, -0.05) is 17.7 Å². The molecule has 0 saturated carbocycles. The fraction of sp³-hybridized carbons (Fsp3) is 0.500. The van der Waals surface area contributed by atoms with Crippen molar-refractivity contribution in [3.8, 4) is 5.75 Å². The molecule has 7 nitrogen and oxygen atoms in total. The van der Waals surface area contributed by atoms with Crippen molar-refractivity contribution in [3.05, 3.63) is 40.4 Å². The Balaban J connectivity index is 0.00000261. The summed E-state index contributed by atoms with van der Waals surface area (Å²) in [6.45, 7) is 2.33. The van der Waals surface area contributed by atoms with E-state index in [0.717, 1.165) is 54.9 Å². The molecule has 2 N–H and O–H groups in total. The molecule has 1 aliphatic heterocycles. The summed E-state index contributed by atoms with van der Waals surface area (Å²) in [6, 6.07) is 5.74. The summed E-state index contributed by atoms with van der Waals surface area (Å²) in [5.41, 5.74) is 1.07. The van der Waals surface area contributed by atoms with Crippen molar-refractivity contribution in [2.75, 3.05) is 20.7 Å². The Hall–Kier alpha value is -1.55. The molecule has 27 heavy (non-hydrogen) atoms. The Kier molecular flexibility index (Phi) is 8.62. The first-order chi connectivity index (χ1) is 12.7. The van der Waals surface area contributed by atoms with Crippen molar-refractivity contribution < 1.29 is 4.74 Å². The number of benzene rings is 1. The Bertz CT molecular complexity index is 779. The molecule has 0 radical (unpaired) electrons. The third-order valence-corrected chi connectivity index (χ3v) is 4.87. The van der Waals surface area contributed by atoms with E-state index < -0.39 is 0 Å². The van der Waals surface area contributed by atoms with Gasteiger partial charge in [0, 0.05) is 31.6 Å². The van der Waals surface area contributed by atoms with E-state index in [1.807, 2.05) is 18.2 Å². The largest absolute Gasteiger partial charge is 0.497 e. The zero-order valence-electron chi connectivity index (χ0n) is 15.7. The van der Waals surface area contributed by atoms with E-state index in [0.29, 0.717) is 11.6 Å². The fourth-order valence-corrected chi connectivity index (χ4v) is 3.32. The first-order valence-corrected chi connectivity index (χ1v) is 9.27. The van der Waals surface area contributed by atoms with Gasteiger partial charge in [-0.3, -0.25) is 4.99 Å². The highest BCUT2D eigenvalue weighted by Gasteiger charge is 2.15. The van der Waals surface area contributed by atoms with Gasteiger partial charge in [0.2, 0.25) is 0 Å². The molecule has 0 unspecified atom stereocenters. The Morgan fingerprint density at radius 2 is 2.15 bits per heavy atom. The molecule has 1 aliphatic rings. The molecule has 0 spiro atoms. The Labute approximate surface area is 182 Å². The number of aliphatic imine (C=N–C) groups is 1. The Morgan fingerprint density at radius 3 is 2.89 bits per heavy atom. The normalized spacial score (nSPS) is 13.5. The smallest absolute Gasteiger partial charge is 0.191 e. The van der Waals surface area contributed by atoms with Crippen LogP contribution in [-0.2, 0) is 25.9 Å². The molecule has 0 fully saturated rings. The van der Waals surface area contributed by atoms with Gasteiger partial charge in [-0.2, -0.15) is 0 Å². The minimum atomic E-state index is 0. The monoisotopic (exact) mass is 504 g/mol. The first-order valence-electron chi connectivity index (χ1n) is 8.89. The van der Waals surface area contributed by atoms with Crippen LogP contribution in [0.1, 0.15) is 30.1 Å². The lowest BCUT2D eigenvalue weighted by Crippen LogP contribution is -2.38. The number of rotatable bonds is 6. The predicted molar refractivity (Wildman–Crippen MR) is 118 cm³/mol. The average molecular weight is 505 g/mol. The van der Waals surface area contributed by atoms with E-state index >= 15 is 0 Å². The summed E-state index contributed by atoms with van der Waals surface area (Å²) < 4.78 is 7.38. The maximum atomic E-state index is 6.28. The minimum absolute atomic E-state index is 0. The van der Waals surface area contributed by atoms with Gasteiger partial charge < -0.3 is 19.9 Å². The number of halogens is 2. The molecule has 1 aromatic carbocycles. The maximum Gasteiger partial charge on any atom is 0.191 e. The summed E-state index contributed by atoms with van der Waals surface area (Å²) in [4.78, 5) is 4.26. The van der Waals surface area contributed by atoms with Crippen LogP contribution < -0.4 is 15.4 Å². The fourth-order valence-electron chi connectivity index (χ4n) is 3.06. The highest BCUT2D eigenvalue weighted by Crippen LogP contribution is 2.22. The van der Waals surface area contributed by atoms with E-state index in [2.05, 4.69) is 30.4 Å². The number of nitrogens with one attached hydrogen (secondary N) is 2. The van der Waals surface area contributed by atoms with Crippen LogP contribution in [0.25, 0.3) is 0 Å². The molecule has 3 rings (SSSR count). The summed E-state index contributed by atoms with van der Waals surface area (Å²) in [6.07, 6.45) is 4.20. The van der Waals surface area contributed by atoms with Crippen LogP contribution in [0.15, 0.2) is 23.2 Å². The molecule has 9 heteroatoms. The molecule has 0 saturated heterocycles. The molecule has 0 bridgehead atoms. The van der Waals surface area contributed by atoms with Crippen LogP contribution in [-0.4, -0.2) is 41.4 Å². The van der Waals surface area contributed by atoms with Gasteiger partial charge in [0.25, 0.3) is 0 Å². The number of aryl methyl sites for hydroxylation is 1. The van der Waals surface area contributed by atoms with E-state index in [4.69, 9.17) is 16.3 Å². The van der Waals surface area contributed by atoms with Crippen LogP contribution in [0.2, 0.25) is 5.02 Å². The van der Waals surface area contributed by atoms with Crippen molar-refractivity contribution in [3.63, 3.8) is 0 Å². The van der Waals surface area contributed by atoms with Crippen LogP contribution in [0.4, 0.5) is 0 Å². The highest BCUT2D eigenvalue weighted by atomic mass is 127. The quantitative estimate of drug-likeness (QED) is 0.359. The number of ether oxygens (including phenoxy) is 1. The van der Waals surface area contributed by atoms with Gasteiger partial charge in [0.15, 0.2) is 11.8 Å². The van der Waals surface area contributed by atoms with E-state index in [1.54, 1.807) is 14.2 Å². The topological polar surface area (TPSA) is 76.4 Å². The summed E-state index contributed by atoms with van der Waals surface area (Å²) in [5.74, 6) is 3.55. The predicted octanol–water partition coefficient (Wildman–Crippen LogP) is 2.80. The zero-order valence-corrected chi connectivity index (χ0v) is 18.8. The third kappa shape index (κ3) is 5.71. The average Bonchev–Trinajstić information content (AvgIpc) is 3.08. The lowest BCUT2D eigenvalue weighted by atomic mass is 10.1. The summed E-state index contributed by atoms with van der Waals surface area (Å²) in [5, 5.41) is 15.9. The lowest BCUT2D eigenvalue weighted by molar-refractivity contribution is 0.414. The Morgan fingerprint density at radius 1 is 1.30 bits per heavy atom. The molecule has 2 aromatic rings. The molecule has 0 atom stereocenters. The van der Waals surface area contributed by atoms with Crippen LogP contribution in [0, 0.1) is 0 Å². The molecule has 0 amide bonds. The zero-order chi connectivity index (χ0) is 18.4. The molecule has 0 aliphatic carbocycles. The number of methoxy groups -OCH3 is 1. The maximum absolute atomic E-state index is 6.28. The van der Waals surface area contributed by atoms with Gasteiger partial charge in [-0.15, -0.1) is 34.2 Å². The summed E-state index contributed by atoms with van der Waals surface area (Å²) in [7, 11) is 3.39. The molecule has 2 heterocycles. The second-order valence-electron chi connectivity index (χ2n) is 6.20. The van der Waals surface area contributed by atoms with Crippen LogP contribution >= 0.6 is 35.6 Å². The van der Waals surface area contributed by atoms with Gasteiger partial charge in [-0.25, -0.2) is 0 Å². The number of nitrogens with zero attached hydrogens (tertiary/aromatic N) is 4. The van der Waals surface area contributed by atoms with Crippen molar-refractivity contribution in [1.82, 2.24) is 25.4 Å². The lowest BCUT2D eigenvalue weighted by Gasteiger charge is -2.16. The van der Waals surface area contributed by atoms with Crippen molar-refractivity contribution in [1.29, 1.82) is 0 Å². The number of fused-ring (bicyclic) bond motifs is 1. The molecular formula is C18H26ClIN6O. The third-order valence-electron chi connectivity index (χ3n) is 4.52. The SMILES string of the molecule is CN=C(NCCc1ccc(OC)cc1Cl)NCc1nnc2n1CCCC2.I. The van der Waals surface area contributed by atoms with Gasteiger partial charge in [0.1, 0.15) is 11.6 Å². The summed E-state index contributed by atoms with van der Waals surface area (Å²) >= 11 is 6.28. The number of hydrogen-bond donors (Lipinski definition) is 2. The molecule has 148 valence electrons. The van der Waals surface area contributed by atoms with Gasteiger partial charge >= 0.3 is 0 Å². The van der Waals surface area contributed by atoms with Crippen molar-refractivity contribution in [2.45, 2.75) is 38.8 Å². The van der Waals surface area contributed by atoms with E-state index in [-0.39, 0.29) is 24.0 Å². The van der Waals surface area contributed by atoms with E-state index in [1.165, 1.54) is 12.8 Å². The molecule has 1 aromatic heterocycles. The molecular weight excluding hydrogens is 479 g/mol. The number of hydrogen-bond acceptors (Lipinski definition) is 4. The van der Waals surface area contributed by atoms with E-state index in [9.17, 15) is 0 Å². The van der Waals surface area contributed by atoms with Gasteiger partial charge in [0.05, 0.1) is 13.7 Å². The van der Waals surface area contributed by atoms with Gasteiger partial charge in [-0.05, 0) is 37.0 Å². The first kappa shape index (κ1) is 21.7. The second kappa shape index (κ2) is 10.7. The number of aromatic nitrogens is 3. The van der Waals surface area contributed by atoms with Crippen LogP contribution in [0.5, 0.6) is 5.75 Å². The van der Waals surface area contributed by atoms with Crippen molar-refractivity contribution in [2.24, 2.45) is 4.99 Å². The standard InChI is InChI=1S/C18H25ClN6O.HI/c1-20-18(21-9-8-13-6-7-14(26-2)11-15(13)19)22-12-17-24-23-16-5-3-4-10-25(16)17;/h6-7,11H,3-5,8-10,12H2,1-2H3,(H2,20,21,22);1H. The highest BCUT2D eigenvalue weighted by molar-refractivity contribution is 14.0. The minimum Gasteiger partial charge on any atom is -0.497 e. The second-order valence-corrected chi connectivity index (χ2v) is 6.61.